The molecule has 126 valence electrons. The second-order valence-electron chi connectivity index (χ2n) is 5.66. The zero-order chi connectivity index (χ0) is 17.1. The Labute approximate surface area is 139 Å². The van der Waals surface area contributed by atoms with E-state index in [1.807, 2.05) is 24.3 Å². The summed E-state index contributed by atoms with van der Waals surface area (Å²) in [5.41, 5.74) is 0.955. The predicted octanol–water partition coefficient (Wildman–Crippen LogP) is 3.18. The molecule has 1 aliphatic heterocycles. The zero-order valence-electron chi connectivity index (χ0n) is 13.4. The van der Waals surface area contributed by atoms with Crippen LogP contribution < -0.4 is 10.1 Å². The van der Waals surface area contributed by atoms with Crippen molar-refractivity contribution in [3.8, 4) is 5.75 Å². The molecule has 6 nitrogen and oxygen atoms in total. The van der Waals surface area contributed by atoms with Crippen LogP contribution in [0.3, 0.4) is 0 Å². The molecule has 0 fully saturated rings. The molecule has 1 amide bonds. The van der Waals surface area contributed by atoms with Crippen molar-refractivity contribution in [1.82, 2.24) is 5.32 Å². The highest BCUT2D eigenvalue weighted by atomic mass is 16.5. The van der Waals surface area contributed by atoms with Gasteiger partial charge in [-0.05, 0) is 18.9 Å². The maximum absolute atomic E-state index is 12.5. The monoisotopic (exact) mass is 329 g/mol. The van der Waals surface area contributed by atoms with Crippen LogP contribution in [-0.4, -0.2) is 23.6 Å². The number of aromatic carboxylic acids is 1. The van der Waals surface area contributed by atoms with Crippen molar-refractivity contribution in [3.63, 3.8) is 0 Å². The Kier molecular flexibility index (Phi) is 4.55. The number of carboxylic acid groups (broad SMARTS) is 1. The van der Waals surface area contributed by atoms with Gasteiger partial charge in [0.05, 0.1) is 12.6 Å². The van der Waals surface area contributed by atoms with Crippen LogP contribution in [0.25, 0.3) is 0 Å². The van der Waals surface area contributed by atoms with Crippen molar-refractivity contribution in [1.29, 1.82) is 0 Å². The quantitative estimate of drug-likeness (QED) is 0.899. The molecule has 1 aromatic heterocycles. The number of benzene rings is 1. The predicted molar refractivity (Wildman–Crippen MR) is 86.4 cm³/mol. The average molecular weight is 329 g/mol. The van der Waals surface area contributed by atoms with E-state index >= 15 is 0 Å². The number of rotatable bonds is 4. The fraction of sp³-hybridized carbons (Fsp3) is 0.333. The van der Waals surface area contributed by atoms with Gasteiger partial charge in [-0.3, -0.25) is 4.79 Å². The fourth-order valence-corrected chi connectivity index (χ4v) is 2.89. The van der Waals surface area contributed by atoms with Gasteiger partial charge in [0.2, 0.25) is 0 Å². The molecule has 24 heavy (non-hydrogen) atoms. The zero-order valence-corrected chi connectivity index (χ0v) is 13.4. The lowest BCUT2D eigenvalue weighted by atomic mass is 10.0. The number of carbonyl (C=O) groups is 2. The van der Waals surface area contributed by atoms with Gasteiger partial charge < -0.3 is 19.6 Å². The van der Waals surface area contributed by atoms with E-state index in [9.17, 15) is 14.7 Å². The van der Waals surface area contributed by atoms with Crippen molar-refractivity contribution in [2.24, 2.45) is 0 Å². The van der Waals surface area contributed by atoms with E-state index in [0.29, 0.717) is 18.8 Å². The topological polar surface area (TPSA) is 88.8 Å². The number of aryl methyl sites for hydroxylation is 1. The van der Waals surface area contributed by atoms with Gasteiger partial charge in [-0.25, -0.2) is 4.79 Å². The fourth-order valence-electron chi connectivity index (χ4n) is 2.89. The third-order valence-electron chi connectivity index (χ3n) is 4.08. The molecular weight excluding hydrogens is 310 g/mol. The Morgan fingerprint density at radius 1 is 1.33 bits per heavy atom. The van der Waals surface area contributed by atoms with Crippen molar-refractivity contribution < 1.29 is 23.8 Å². The maximum Gasteiger partial charge on any atom is 0.339 e. The first-order valence-corrected chi connectivity index (χ1v) is 7.98. The molecule has 0 saturated heterocycles. The van der Waals surface area contributed by atoms with E-state index in [4.69, 9.17) is 9.15 Å². The van der Waals surface area contributed by atoms with Crippen LogP contribution >= 0.6 is 0 Å². The van der Waals surface area contributed by atoms with E-state index in [1.165, 1.54) is 6.07 Å². The highest BCUT2D eigenvalue weighted by molar-refractivity contribution is 5.96. The molecular formula is C18H19NO5. The second kappa shape index (κ2) is 6.78. The van der Waals surface area contributed by atoms with Gasteiger partial charge in [-0.15, -0.1) is 0 Å². The van der Waals surface area contributed by atoms with Gasteiger partial charge in [0.1, 0.15) is 17.1 Å². The minimum atomic E-state index is -1.09. The van der Waals surface area contributed by atoms with Gasteiger partial charge in [-0.2, -0.15) is 0 Å². The van der Waals surface area contributed by atoms with Gasteiger partial charge in [0.15, 0.2) is 5.76 Å². The number of fused-ring (bicyclic) bond motifs is 1. The molecule has 0 spiro atoms. The molecule has 1 atom stereocenters. The van der Waals surface area contributed by atoms with Crippen LogP contribution in [0.1, 0.15) is 58.0 Å². The molecule has 6 heteroatoms. The average Bonchev–Trinajstić information content (AvgIpc) is 2.93. The molecule has 2 heterocycles. The van der Waals surface area contributed by atoms with Gasteiger partial charge >= 0.3 is 5.97 Å². The van der Waals surface area contributed by atoms with Crippen LogP contribution in [-0.2, 0) is 6.42 Å². The van der Waals surface area contributed by atoms with E-state index in [1.54, 1.807) is 6.92 Å². The summed E-state index contributed by atoms with van der Waals surface area (Å²) in [5.74, 6) is -0.425. The van der Waals surface area contributed by atoms with Crippen LogP contribution in [0.2, 0.25) is 0 Å². The summed E-state index contributed by atoms with van der Waals surface area (Å²) < 4.78 is 11.1. The van der Waals surface area contributed by atoms with Crippen LogP contribution in [0.15, 0.2) is 34.7 Å². The molecule has 1 aromatic carbocycles. The van der Waals surface area contributed by atoms with Crippen molar-refractivity contribution in [2.75, 3.05) is 6.61 Å². The Morgan fingerprint density at radius 3 is 2.83 bits per heavy atom. The lowest BCUT2D eigenvalue weighted by Crippen LogP contribution is -2.28. The SMILES string of the molecule is CCc1oc(C(=O)NC2CCCOc3ccccc32)cc1C(=O)O. The summed E-state index contributed by atoms with van der Waals surface area (Å²) in [6, 6.07) is 8.69. The van der Waals surface area contributed by atoms with Crippen LogP contribution in [0, 0.1) is 0 Å². The molecule has 3 rings (SSSR count). The molecule has 2 aromatic rings. The number of nitrogens with one attached hydrogen (secondary N) is 1. The largest absolute Gasteiger partial charge is 0.493 e. The number of hydrogen-bond donors (Lipinski definition) is 2. The molecule has 0 radical (unpaired) electrons. The van der Waals surface area contributed by atoms with Crippen molar-refractivity contribution in [2.45, 2.75) is 32.2 Å². The summed E-state index contributed by atoms with van der Waals surface area (Å²) >= 11 is 0. The third kappa shape index (κ3) is 3.13. The Morgan fingerprint density at radius 2 is 2.12 bits per heavy atom. The van der Waals surface area contributed by atoms with E-state index < -0.39 is 11.9 Å². The van der Waals surface area contributed by atoms with E-state index in [-0.39, 0.29) is 17.4 Å². The minimum Gasteiger partial charge on any atom is -0.493 e. The number of amides is 1. The highest BCUT2D eigenvalue weighted by Crippen LogP contribution is 2.31. The molecule has 2 N–H and O–H groups in total. The number of carboxylic acids is 1. The number of carbonyl (C=O) groups excluding carboxylic acids is 1. The molecule has 1 unspecified atom stereocenters. The van der Waals surface area contributed by atoms with E-state index in [2.05, 4.69) is 5.32 Å². The molecule has 0 saturated carbocycles. The number of furan rings is 1. The Balaban J connectivity index is 1.84. The molecule has 1 aliphatic rings. The first kappa shape index (κ1) is 16.1. The van der Waals surface area contributed by atoms with Gasteiger partial charge in [0.25, 0.3) is 5.91 Å². The lowest BCUT2D eigenvalue weighted by Gasteiger charge is -2.17. The number of para-hydroxylation sites is 1. The van der Waals surface area contributed by atoms with Crippen LogP contribution in [0.4, 0.5) is 0 Å². The van der Waals surface area contributed by atoms with Gasteiger partial charge in [-0.1, -0.05) is 25.1 Å². The minimum absolute atomic E-state index is 0.0203. The van der Waals surface area contributed by atoms with E-state index in [0.717, 1.165) is 24.2 Å². The summed E-state index contributed by atoms with van der Waals surface area (Å²) in [7, 11) is 0. The number of ether oxygens (including phenoxy) is 1. The van der Waals surface area contributed by atoms with Crippen molar-refractivity contribution >= 4 is 11.9 Å². The Hall–Kier alpha value is -2.76. The normalized spacial score (nSPS) is 16.6. The number of hydrogen-bond acceptors (Lipinski definition) is 4. The summed E-state index contributed by atoms with van der Waals surface area (Å²) in [6.45, 7) is 2.39. The molecule has 0 aliphatic carbocycles. The van der Waals surface area contributed by atoms with Crippen molar-refractivity contribution in [3.05, 3.63) is 53.0 Å². The van der Waals surface area contributed by atoms with Crippen LogP contribution in [0.5, 0.6) is 5.75 Å². The summed E-state index contributed by atoms with van der Waals surface area (Å²) in [6.07, 6.45) is 1.98. The lowest BCUT2D eigenvalue weighted by molar-refractivity contribution is 0.0694. The standard InChI is InChI=1S/C18H19NO5/c1-2-14-12(18(21)22)10-16(24-14)17(20)19-13-7-5-9-23-15-8-4-3-6-11(13)15/h3-4,6,8,10,13H,2,5,7,9H2,1H3,(H,19,20)(H,21,22). The molecule has 0 bridgehead atoms. The summed E-state index contributed by atoms with van der Waals surface area (Å²) in [4.78, 5) is 23.7. The second-order valence-corrected chi connectivity index (χ2v) is 5.66. The Bertz CT molecular complexity index is 765. The highest BCUT2D eigenvalue weighted by Gasteiger charge is 2.25. The van der Waals surface area contributed by atoms with Gasteiger partial charge in [0, 0.05) is 18.1 Å². The maximum atomic E-state index is 12.5. The first-order valence-electron chi connectivity index (χ1n) is 7.98. The smallest absolute Gasteiger partial charge is 0.339 e. The first-order chi connectivity index (χ1) is 11.6. The third-order valence-corrected chi connectivity index (χ3v) is 4.08. The summed E-state index contributed by atoms with van der Waals surface area (Å²) in [5, 5.41) is 12.1.